The van der Waals surface area contributed by atoms with Crippen molar-refractivity contribution in [3.63, 3.8) is 0 Å². The van der Waals surface area contributed by atoms with E-state index in [1.807, 2.05) is 6.92 Å². The van der Waals surface area contributed by atoms with Gasteiger partial charge in [0.05, 0.1) is 0 Å². The molecule has 0 aromatic heterocycles. The van der Waals surface area contributed by atoms with Crippen molar-refractivity contribution in [2.75, 3.05) is 27.2 Å². The first kappa shape index (κ1) is 12.9. The smallest absolute Gasteiger partial charge is 0.311 e. The van der Waals surface area contributed by atoms with Crippen molar-refractivity contribution in [1.29, 1.82) is 0 Å². The Balaban J connectivity index is 4.10. The largest absolute Gasteiger partial charge is 0.338 e. The molecule has 82 valence electrons. The highest BCUT2D eigenvalue weighted by molar-refractivity contribution is 6.34. The average molecular weight is 200 g/mol. The number of likely N-dealkylation sites (N-methyl/N-ethyl adjacent to an activating group) is 2. The van der Waals surface area contributed by atoms with Gasteiger partial charge in [-0.05, 0) is 13.3 Å². The fraction of sp³-hybridized carbons (Fsp3) is 0.800. The second-order valence-corrected chi connectivity index (χ2v) is 3.40. The van der Waals surface area contributed by atoms with Crippen molar-refractivity contribution in [3.8, 4) is 0 Å². The standard InChI is InChI=1S/C10H20N2O2/c1-5-7-8-12(4)10(14)9(13)11(3)6-2/h5-8H2,1-4H3. The molecule has 0 aromatic rings. The van der Waals surface area contributed by atoms with E-state index < -0.39 is 11.8 Å². The van der Waals surface area contributed by atoms with Crippen LogP contribution in [0.1, 0.15) is 26.7 Å². The zero-order valence-corrected chi connectivity index (χ0v) is 9.54. The van der Waals surface area contributed by atoms with Crippen molar-refractivity contribution >= 4 is 11.8 Å². The molecule has 0 aliphatic rings. The van der Waals surface area contributed by atoms with Crippen molar-refractivity contribution in [3.05, 3.63) is 0 Å². The predicted molar refractivity (Wildman–Crippen MR) is 55.9 cm³/mol. The molecule has 4 heteroatoms. The summed E-state index contributed by atoms with van der Waals surface area (Å²) >= 11 is 0. The van der Waals surface area contributed by atoms with Crippen LogP contribution >= 0.6 is 0 Å². The number of rotatable bonds is 4. The molecule has 14 heavy (non-hydrogen) atoms. The van der Waals surface area contributed by atoms with Crippen molar-refractivity contribution < 1.29 is 9.59 Å². The molecule has 0 fully saturated rings. The van der Waals surface area contributed by atoms with E-state index in [1.165, 1.54) is 9.80 Å². The van der Waals surface area contributed by atoms with Gasteiger partial charge >= 0.3 is 11.8 Å². The Kier molecular flexibility index (Phi) is 5.92. The van der Waals surface area contributed by atoms with Crippen LogP contribution in [0.5, 0.6) is 0 Å². The lowest BCUT2D eigenvalue weighted by Gasteiger charge is -2.20. The molecule has 0 saturated heterocycles. The van der Waals surface area contributed by atoms with Gasteiger partial charge in [-0.15, -0.1) is 0 Å². The maximum Gasteiger partial charge on any atom is 0.311 e. The Morgan fingerprint density at radius 2 is 1.50 bits per heavy atom. The van der Waals surface area contributed by atoms with E-state index in [0.717, 1.165) is 12.8 Å². The van der Waals surface area contributed by atoms with E-state index in [1.54, 1.807) is 14.1 Å². The molecule has 0 saturated carbocycles. The van der Waals surface area contributed by atoms with E-state index in [4.69, 9.17) is 0 Å². The minimum Gasteiger partial charge on any atom is -0.338 e. The van der Waals surface area contributed by atoms with Crippen LogP contribution in [0.25, 0.3) is 0 Å². The first-order chi connectivity index (χ1) is 6.54. The summed E-state index contributed by atoms with van der Waals surface area (Å²) in [6, 6.07) is 0. The van der Waals surface area contributed by atoms with E-state index in [2.05, 4.69) is 6.92 Å². The zero-order valence-electron chi connectivity index (χ0n) is 9.54. The number of carbonyl (C=O) groups excluding carboxylic acids is 2. The quantitative estimate of drug-likeness (QED) is 0.627. The first-order valence-electron chi connectivity index (χ1n) is 5.05. The molecule has 0 bridgehead atoms. The molecular weight excluding hydrogens is 180 g/mol. The fourth-order valence-electron chi connectivity index (χ4n) is 0.967. The minimum atomic E-state index is -0.425. The van der Waals surface area contributed by atoms with E-state index >= 15 is 0 Å². The summed E-state index contributed by atoms with van der Waals surface area (Å²) < 4.78 is 0. The molecule has 0 aromatic carbocycles. The maximum absolute atomic E-state index is 11.5. The zero-order chi connectivity index (χ0) is 11.1. The Labute approximate surface area is 85.9 Å². The van der Waals surface area contributed by atoms with Gasteiger partial charge in [0.25, 0.3) is 0 Å². The van der Waals surface area contributed by atoms with Crippen LogP contribution in [-0.4, -0.2) is 48.8 Å². The third-order valence-corrected chi connectivity index (χ3v) is 2.20. The highest BCUT2D eigenvalue weighted by Crippen LogP contribution is 1.95. The Morgan fingerprint density at radius 3 is 1.93 bits per heavy atom. The SMILES string of the molecule is CCCCN(C)C(=O)C(=O)N(C)CC. The third kappa shape index (κ3) is 3.77. The number of carbonyl (C=O) groups is 2. The van der Waals surface area contributed by atoms with Crippen LogP contribution in [0.4, 0.5) is 0 Å². The van der Waals surface area contributed by atoms with Gasteiger partial charge in [-0.3, -0.25) is 9.59 Å². The highest BCUT2D eigenvalue weighted by Gasteiger charge is 2.20. The van der Waals surface area contributed by atoms with Gasteiger partial charge in [0.15, 0.2) is 0 Å². The topological polar surface area (TPSA) is 40.6 Å². The Bertz CT molecular complexity index is 204. The molecule has 0 aliphatic carbocycles. The Morgan fingerprint density at radius 1 is 1.00 bits per heavy atom. The van der Waals surface area contributed by atoms with Gasteiger partial charge in [0, 0.05) is 27.2 Å². The van der Waals surface area contributed by atoms with Gasteiger partial charge in [0.1, 0.15) is 0 Å². The molecule has 0 atom stereocenters. The number of amides is 2. The van der Waals surface area contributed by atoms with Crippen LogP contribution in [0.3, 0.4) is 0 Å². The summed E-state index contributed by atoms with van der Waals surface area (Å²) in [6.07, 6.45) is 1.96. The van der Waals surface area contributed by atoms with Gasteiger partial charge in [0.2, 0.25) is 0 Å². The average Bonchev–Trinajstić information content (AvgIpc) is 2.22. The fourth-order valence-corrected chi connectivity index (χ4v) is 0.967. The highest BCUT2D eigenvalue weighted by atomic mass is 16.2. The molecule has 0 heterocycles. The molecule has 0 spiro atoms. The monoisotopic (exact) mass is 200 g/mol. The molecule has 0 unspecified atom stereocenters. The van der Waals surface area contributed by atoms with Crippen molar-refractivity contribution in [2.24, 2.45) is 0 Å². The summed E-state index contributed by atoms with van der Waals surface area (Å²) in [6.45, 7) is 5.11. The minimum absolute atomic E-state index is 0.414. The molecule has 0 N–H and O–H groups in total. The lowest BCUT2D eigenvalue weighted by molar-refractivity contribution is -0.150. The predicted octanol–water partition coefficient (Wildman–Crippen LogP) is 0.723. The summed E-state index contributed by atoms with van der Waals surface area (Å²) in [4.78, 5) is 25.8. The summed E-state index contributed by atoms with van der Waals surface area (Å²) in [7, 11) is 3.30. The molecule has 2 amide bonds. The van der Waals surface area contributed by atoms with Crippen LogP contribution < -0.4 is 0 Å². The summed E-state index contributed by atoms with van der Waals surface area (Å²) in [5.41, 5.74) is 0. The summed E-state index contributed by atoms with van der Waals surface area (Å²) in [5, 5.41) is 0. The third-order valence-electron chi connectivity index (χ3n) is 2.20. The van der Waals surface area contributed by atoms with Gasteiger partial charge in [-0.25, -0.2) is 0 Å². The van der Waals surface area contributed by atoms with Crippen LogP contribution in [0.2, 0.25) is 0 Å². The number of hydrogen-bond acceptors (Lipinski definition) is 2. The molecule has 4 nitrogen and oxygen atoms in total. The first-order valence-corrected chi connectivity index (χ1v) is 5.05. The van der Waals surface area contributed by atoms with Gasteiger partial charge < -0.3 is 9.80 Å². The molecule has 0 radical (unpaired) electrons. The van der Waals surface area contributed by atoms with Crippen LogP contribution in [0, 0.1) is 0 Å². The molecule has 0 aliphatic heterocycles. The second kappa shape index (κ2) is 6.40. The van der Waals surface area contributed by atoms with Gasteiger partial charge in [-0.2, -0.15) is 0 Å². The van der Waals surface area contributed by atoms with Crippen molar-refractivity contribution in [2.45, 2.75) is 26.7 Å². The number of hydrogen-bond donors (Lipinski definition) is 0. The lowest BCUT2D eigenvalue weighted by Crippen LogP contribution is -2.42. The lowest BCUT2D eigenvalue weighted by atomic mass is 10.3. The molecular formula is C10H20N2O2. The maximum atomic E-state index is 11.5. The van der Waals surface area contributed by atoms with Crippen molar-refractivity contribution in [1.82, 2.24) is 9.80 Å². The number of nitrogens with zero attached hydrogens (tertiary/aromatic N) is 2. The van der Waals surface area contributed by atoms with E-state index in [0.29, 0.717) is 13.1 Å². The van der Waals surface area contributed by atoms with E-state index in [-0.39, 0.29) is 0 Å². The van der Waals surface area contributed by atoms with Crippen LogP contribution in [-0.2, 0) is 9.59 Å². The normalized spacial score (nSPS) is 9.71. The number of unbranched alkanes of at least 4 members (excludes halogenated alkanes) is 1. The molecule has 0 rings (SSSR count). The van der Waals surface area contributed by atoms with Crippen LogP contribution in [0.15, 0.2) is 0 Å². The second-order valence-electron chi connectivity index (χ2n) is 3.40. The van der Waals surface area contributed by atoms with E-state index in [9.17, 15) is 9.59 Å². The summed E-state index contributed by atoms with van der Waals surface area (Å²) in [5.74, 6) is -0.839. The van der Waals surface area contributed by atoms with Gasteiger partial charge in [-0.1, -0.05) is 13.3 Å². The Hall–Kier alpha value is -1.06.